The average Bonchev–Trinajstić information content (AvgIpc) is 2.48. The third kappa shape index (κ3) is 5.41. The van der Waals surface area contributed by atoms with Crippen molar-refractivity contribution in [3.8, 4) is 0 Å². The van der Waals surface area contributed by atoms with E-state index in [1.807, 2.05) is 19.1 Å². The van der Waals surface area contributed by atoms with E-state index in [9.17, 15) is 8.42 Å². The van der Waals surface area contributed by atoms with Crippen molar-refractivity contribution in [3.05, 3.63) is 29.8 Å². The number of nitrogens with zero attached hydrogens (tertiary/aromatic N) is 1. The van der Waals surface area contributed by atoms with Crippen LogP contribution in [-0.2, 0) is 14.6 Å². The Morgan fingerprint density at radius 1 is 1.05 bits per heavy atom. The number of hydrogen-bond donors (Lipinski definition) is 0. The number of morpholine rings is 1. The minimum atomic E-state index is -3.12. The Kier molecular flexibility index (Phi) is 6.21. The van der Waals surface area contributed by atoms with E-state index in [2.05, 4.69) is 4.90 Å². The molecule has 1 fully saturated rings. The van der Waals surface area contributed by atoms with E-state index in [0.717, 1.165) is 57.7 Å². The minimum absolute atomic E-state index is 0.249. The molecule has 1 aliphatic heterocycles. The summed E-state index contributed by atoms with van der Waals surface area (Å²) < 4.78 is 29.7. The molecule has 0 spiro atoms. The lowest BCUT2D eigenvalue weighted by Crippen LogP contribution is -2.36. The molecule has 0 radical (unpaired) electrons. The molecule has 21 heavy (non-hydrogen) atoms. The molecule has 0 aromatic heterocycles. The monoisotopic (exact) mass is 311 g/mol. The van der Waals surface area contributed by atoms with Gasteiger partial charge in [-0.25, -0.2) is 8.42 Å². The van der Waals surface area contributed by atoms with Gasteiger partial charge in [-0.15, -0.1) is 0 Å². The molecule has 1 heterocycles. The average molecular weight is 311 g/mol. The molecular formula is C16H25NO3S. The SMILES string of the molecule is Cc1ccc(S(=O)(=O)CCCCCN2CCOCC2)cc1. The number of hydrogen-bond acceptors (Lipinski definition) is 4. The fourth-order valence-electron chi connectivity index (χ4n) is 2.49. The van der Waals surface area contributed by atoms with Crippen molar-refractivity contribution in [1.29, 1.82) is 0 Å². The van der Waals surface area contributed by atoms with E-state index < -0.39 is 9.84 Å². The fraction of sp³-hybridized carbons (Fsp3) is 0.625. The van der Waals surface area contributed by atoms with E-state index >= 15 is 0 Å². The number of rotatable bonds is 7. The Hall–Kier alpha value is -0.910. The van der Waals surface area contributed by atoms with Gasteiger partial charge in [0, 0.05) is 13.1 Å². The van der Waals surface area contributed by atoms with E-state index in [1.165, 1.54) is 0 Å². The zero-order valence-corrected chi connectivity index (χ0v) is 13.6. The summed E-state index contributed by atoms with van der Waals surface area (Å²) in [5.41, 5.74) is 1.08. The lowest BCUT2D eigenvalue weighted by atomic mass is 10.2. The largest absolute Gasteiger partial charge is 0.379 e. The number of benzene rings is 1. The van der Waals surface area contributed by atoms with Gasteiger partial charge >= 0.3 is 0 Å². The lowest BCUT2D eigenvalue weighted by Gasteiger charge is -2.26. The van der Waals surface area contributed by atoms with Crippen molar-refractivity contribution in [1.82, 2.24) is 4.90 Å². The topological polar surface area (TPSA) is 46.6 Å². The summed E-state index contributed by atoms with van der Waals surface area (Å²) in [5.74, 6) is 0.249. The Morgan fingerprint density at radius 2 is 1.71 bits per heavy atom. The molecule has 1 aromatic carbocycles. The zero-order valence-electron chi connectivity index (χ0n) is 12.8. The molecular weight excluding hydrogens is 286 g/mol. The summed E-state index contributed by atoms with van der Waals surface area (Å²) in [6, 6.07) is 7.12. The Balaban J connectivity index is 1.68. The van der Waals surface area contributed by atoms with Gasteiger partial charge in [-0.1, -0.05) is 24.1 Å². The highest BCUT2D eigenvalue weighted by Crippen LogP contribution is 2.14. The van der Waals surface area contributed by atoms with E-state index in [4.69, 9.17) is 4.74 Å². The molecule has 0 aliphatic carbocycles. The van der Waals surface area contributed by atoms with Crippen LogP contribution in [0.1, 0.15) is 24.8 Å². The molecule has 0 bridgehead atoms. The maximum absolute atomic E-state index is 12.2. The molecule has 1 saturated heterocycles. The van der Waals surface area contributed by atoms with E-state index in [-0.39, 0.29) is 5.75 Å². The predicted molar refractivity (Wildman–Crippen MR) is 84.3 cm³/mol. The zero-order chi connectivity index (χ0) is 15.1. The third-order valence-corrected chi connectivity index (χ3v) is 5.69. The van der Waals surface area contributed by atoms with E-state index in [1.54, 1.807) is 12.1 Å². The third-order valence-electron chi connectivity index (χ3n) is 3.87. The second-order valence-electron chi connectivity index (χ2n) is 5.65. The highest BCUT2D eigenvalue weighted by atomic mass is 32.2. The first kappa shape index (κ1) is 16.5. The van der Waals surface area contributed by atoms with Crippen molar-refractivity contribution in [2.45, 2.75) is 31.1 Å². The molecule has 4 nitrogen and oxygen atoms in total. The second-order valence-corrected chi connectivity index (χ2v) is 7.76. The number of sulfone groups is 1. The first-order valence-corrected chi connectivity index (χ1v) is 9.33. The molecule has 5 heteroatoms. The van der Waals surface area contributed by atoms with Gasteiger partial charge in [0.15, 0.2) is 9.84 Å². The summed E-state index contributed by atoms with van der Waals surface area (Å²) in [4.78, 5) is 2.83. The second kappa shape index (κ2) is 7.92. The number of aryl methyl sites for hydroxylation is 1. The summed E-state index contributed by atoms with van der Waals surface area (Å²) in [7, 11) is -3.12. The fourth-order valence-corrected chi connectivity index (χ4v) is 3.86. The van der Waals surface area contributed by atoms with Crippen molar-refractivity contribution in [3.63, 3.8) is 0 Å². The molecule has 0 atom stereocenters. The van der Waals surface area contributed by atoms with Gasteiger partial charge in [0.05, 0.1) is 23.9 Å². The van der Waals surface area contributed by atoms with Crippen LogP contribution in [0.2, 0.25) is 0 Å². The van der Waals surface area contributed by atoms with E-state index in [0.29, 0.717) is 4.90 Å². The van der Waals surface area contributed by atoms with Crippen molar-refractivity contribution in [2.24, 2.45) is 0 Å². The highest BCUT2D eigenvalue weighted by Gasteiger charge is 2.14. The molecule has 1 aromatic rings. The Bertz CT molecular complexity index is 519. The van der Waals surface area contributed by atoms with Crippen LogP contribution in [0.3, 0.4) is 0 Å². The molecule has 1 aliphatic rings. The Morgan fingerprint density at radius 3 is 2.38 bits per heavy atom. The van der Waals surface area contributed by atoms with Crippen molar-refractivity contribution < 1.29 is 13.2 Å². The first-order valence-electron chi connectivity index (χ1n) is 7.67. The number of ether oxygens (including phenoxy) is 1. The maximum Gasteiger partial charge on any atom is 0.178 e. The molecule has 0 saturated carbocycles. The van der Waals surface area contributed by atoms with Gasteiger partial charge in [0.25, 0.3) is 0 Å². The molecule has 0 N–H and O–H groups in total. The molecule has 118 valence electrons. The smallest absolute Gasteiger partial charge is 0.178 e. The number of unbranched alkanes of at least 4 members (excludes halogenated alkanes) is 2. The van der Waals surface area contributed by atoms with Gasteiger partial charge in [-0.2, -0.15) is 0 Å². The van der Waals surface area contributed by atoms with Gasteiger partial charge in [-0.3, -0.25) is 4.90 Å². The van der Waals surface area contributed by atoms with Crippen molar-refractivity contribution >= 4 is 9.84 Å². The quantitative estimate of drug-likeness (QED) is 0.725. The van der Waals surface area contributed by atoms with Crippen LogP contribution in [-0.4, -0.2) is 51.9 Å². The summed E-state index contributed by atoms with van der Waals surface area (Å²) in [5, 5.41) is 0. The predicted octanol–water partition coefficient (Wildman–Crippen LogP) is 2.27. The lowest BCUT2D eigenvalue weighted by molar-refractivity contribution is 0.0372. The van der Waals surface area contributed by atoms with Crippen LogP contribution >= 0.6 is 0 Å². The van der Waals surface area contributed by atoms with Gasteiger partial charge < -0.3 is 4.74 Å². The van der Waals surface area contributed by atoms with Crippen LogP contribution in [0, 0.1) is 6.92 Å². The van der Waals surface area contributed by atoms with Gasteiger partial charge in [-0.05, 0) is 38.4 Å². The van der Waals surface area contributed by atoms with Crippen LogP contribution in [0.4, 0.5) is 0 Å². The molecule has 0 unspecified atom stereocenters. The van der Waals surface area contributed by atoms with Crippen LogP contribution in [0.5, 0.6) is 0 Å². The minimum Gasteiger partial charge on any atom is -0.379 e. The van der Waals surface area contributed by atoms with Gasteiger partial charge in [0.1, 0.15) is 0 Å². The first-order chi connectivity index (χ1) is 10.1. The normalized spacial score (nSPS) is 17.0. The van der Waals surface area contributed by atoms with Gasteiger partial charge in [0.2, 0.25) is 0 Å². The van der Waals surface area contributed by atoms with Crippen LogP contribution in [0.15, 0.2) is 29.2 Å². The summed E-state index contributed by atoms with van der Waals surface area (Å²) in [6.45, 7) is 6.66. The summed E-state index contributed by atoms with van der Waals surface area (Å²) >= 11 is 0. The standard InChI is InChI=1S/C16H25NO3S/c1-15-5-7-16(8-6-15)21(18,19)14-4-2-3-9-17-10-12-20-13-11-17/h5-8H,2-4,9-14H2,1H3. The molecule has 2 rings (SSSR count). The highest BCUT2D eigenvalue weighted by molar-refractivity contribution is 7.91. The summed E-state index contributed by atoms with van der Waals surface area (Å²) in [6.07, 6.45) is 2.76. The molecule has 0 amide bonds. The Labute approximate surface area is 128 Å². The van der Waals surface area contributed by atoms with Crippen LogP contribution < -0.4 is 0 Å². The maximum atomic E-state index is 12.2. The van der Waals surface area contributed by atoms with Crippen molar-refractivity contribution in [2.75, 3.05) is 38.6 Å². The van der Waals surface area contributed by atoms with Crippen LogP contribution in [0.25, 0.3) is 0 Å².